The van der Waals surface area contributed by atoms with Crippen molar-refractivity contribution in [2.24, 2.45) is 16.8 Å². The maximum absolute atomic E-state index is 12.4. The summed E-state index contributed by atoms with van der Waals surface area (Å²) in [5, 5.41) is 3.38. The Bertz CT molecular complexity index is 414. The molecule has 0 radical (unpaired) electrons. The summed E-state index contributed by atoms with van der Waals surface area (Å²) in [5.41, 5.74) is 0. The summed E-state index contributed by atoms with van der Waals surface area (Å²) in [6.07, 6.45) is 7.29. The number of carbonyl (C=O) groups excluding carboxylic acids is 1. The lowest BCUT2D eigenvalue weighted by atomic mass is 9.87. The third-order valence-electron chi connectivity index (χ3n) is 5.65. The molecule has 2 aliphatic rings. The Morgan fingerprint density at radius 1 is 1.08 bits per heavy atom. The molecule has 2 aliphatic heterocycles. The van der Waals surface area contributed by atoms with Gasteiger partial charge < -0.3 is 15.1 Å². The predicted octanol–water partition coefficient (Wildman–Crippen LogP) is 2.72. The average Bonchev–Trinajstić information content (AvgIpc) is 3.10. The number of piperidine rings is 1. The summed E-state index contributed by atoms with van der Waals surface area (Å²) < 4.78 is 0. The Morgan fingerprint density at radius 3 is 2.42 bits per heavy atom. The second kappa shape index (κ2) is 9.90. The Labute approximate surface area is 147 Å². The summed E-state index contributed by atoms with van der Waals surface area (Å²) in [6.45, 7) is 11.8. The topological polar surface area (TPSA) is 47.9 Å². The quantitative estimate of drug-likeness (QED) is 0.599. The predicted molar refractivity (Wildman–Crippen MR) is 100 cm³/mol. The van der Waals surface area contributed by atoms with Gasteiger partial charge in [-0.3, -0.25) is 4.79 Å². The van der Waals surface area contributed by atoms with Gasteiger partial charge in [-0.05, 0) is 44.4 Å². The second-order valence-corrected chi connectivity index (χ2v) is 7.18. The molecule has 24 heavy (non-hydrogen) atoms. The molecule has 2 heterocycles. The second-order valence-electron chi connectivity index (χ2n) is 7.18. The molecule has 1 amide bonds. The van der Waals surface area contributed by atoms with Crippen LogP contribution in [0.4, 0.5) is 0 Å². The first kappa shape index (κ1) is 19.1. The zero-order valence-electron chi connectivity index (χ0n) is 15.9. The largest absolute Gasteiger partial charge is 0.357 e. The monoisotopic (exact) mass is 336 g/mol. The van der Waals surface area contributed by atoms with Crippen molar-refractivity contribution in [3.63, 3.8) is 0 Å². The highest BCUT2D eigenvalue weighted by atomic mass is 16.2. The molecule has 138 valence electrons. The highest BCUT2D eigenvalue weighted by Crippen LogP contribution is 2.28. The minimum atomic E-state index is 0.181. The van der Waals surface area contributed by atoms with Crippen LogP contribution >= 0.6 is 0 Å². The van der Waals surface area contributed by atoms with Crippen molar-refractivity contribution in [2.45, 2.75) is 59.3 Å². The lowest BCUT2D eigenvalue weighted by Crippen LogP contribution is -2.42. The van der Waals surface area contributed by atoms with Crippen LogP contribution in [0.25, 0.3) is 0 Å². The first-order valence-electron chi connectivity index (χ1n) is 10.0. The van der Waals surface area contributed by atoms with Gasteiger partial charge in [0.25, 0.3) is 0 Å². The molecule has 0 aromatic carbocycles. The van der Waals surface area contributed by atoms with E-state index in [4.69, 9.17) is 0 Å². The van der Waals surface area contributed by atoms with Gasteiger partial charge in [-0.1, -0.05) is 26.7 Å². The van der Waals surface area contributed by atoms with E-state index in [-0.39, 0.29) is 12.5 Å². The lowest BCUT2D eigenvalue weighted by molar-refractivity contribution is -0.130. The Hall–Kier alpha value is -1.26. The van der Waals surface area contributed by atoms with Gasteiger partial charge in [-0.15, -0.1) is 0 Å². The molecule has 2 fully saturated rings. The lowest BCUT2D eigenvalue weighted by Gasteiger charge is -2.27. The fourth-order valence-corrected chi connectivity index (χ4v) is 4.13. The van der Waals surface area contributed by atoms with Crippen molar-refractivity contribution in [2.75, 3.05) is 39.3 Å². The van der Waals surface area contributed by atoms with Crippen molar-refractivity contribution in [3.8, 4) is 0 Å². The number of likely N-dealkylation sites (tertiary alicyclic amines) is 2. The number of hydrogen-bond acceptors (Lipinski definition) is 2. The number of nitrogens with zero attached hydrogens (tertiary/aromatic N) is 3. The van der Waals surface area contributed by atoms with Gasteiger partial charge in [0, 0.05) is 32.7 Å². The van der Waals surface area contributed by atoms with Crippen LogP contribution in [-0.4, -0.2) is 60.9 Å². The number of carbonyl (C=O) groups is 1. The highest BCUT2D eigenvalue weighted by Gasteiger charge is 2.29. The maximum Gasteiger partial charge on any atom is 0.244 e. The van der Waals surface area contributed by atoms with Gasteiger partial charge in [0.2, 0.25) is 5.91 Å². The Balaban J connectivity index is 1.92. The highest BCUT2D eigenvalue weighted by molar-refractivity contribution is 5.85. The maximum atomic E-state index is 12.4. The van der Waals surface area contributed by atoms with E-state index in [0.29, 0.717) is 0 Å². The van der Waals surface area contributed by atoms with Crippen LogP contribution < -0.4 is 5.32 Å². The van der Waals surface area contributed by atoms with E-state index < -0.39 is 0 Å². The van der Waals surface area contributed by atoms with E-state index in [1.54, 1.807) is 0 Å². The smallest absolute Gasteiger partial charge is 0.244 e. The van der Waals surface area contributed by atoms with Crippen molar-refractivity contribution < 1.29 is 4.79 Å². The molecule has 1 unspecified atom stereocenters. The molecule has 0 aromatic rings. The van der Waals surface area contributed by atoms with Crippen LogP contribution in [0.15, 0.2) is 4.99 Å². The van der Waals surface area contributed by atoms with Gasteiger partial charge in [-0.2, -0.15) is 0 Å². The molecule has 1 atom stereocenters. The number of aliphatic imine (C=N–C) groups is 1. The molecule has 0 spiro atoms. The van der Waals surface area contributed by atoms with Crippen molar-refractivity contribution in [3.05, 3.63) is 0 Å². The van der Waals surface area contributed by atoms with Crippen molar-refractivity contribution in [1.82, 2.24) is 15.1 Å². The Kier molecular flexibility index (Phi) is 7.86. The first-order valence-corrected chi connectivity index (χ1v) is 10.0. The Morgan fingerprint density at radius 2 is 1.79 bits per heavy atom. The fourth-order valence-electron chi connectivity index (χ4n) is 4.13. The fraction of sp³-hybridized carbons (Fsp3) is 0.895. The molecular weight excluding hydrogens is 300 g/mol. The van der Waals surface area contributed by atoms with E-state index in [1.165, 1.54) is 25.7 Å². The number of rotatable bonds is 6. The van der Waals surface area contributed by atoms with E-state index in [0.717, 1.165) is 63.4 Å². The molecule has 1 N–H and O–H groups in total. The number of nitrogens with one attached hydrogen (secondary N) is 1. The van der Waals surface area contributed by atoms with E-state index in [2.05, 4.69) is 36.0 Å². The summed E-state index contributed by atoms with van der Waals surface area (Å²) in [7, 11) is 0. The molecule has 0 aromatic heterocycles. The van der Waals surface area contributed by atoms with Gasteiger partial charge >= 0.3 is 0 Å². The van der Waals surface area contributed by atoms with Gasteiger partial charge in [0.05, 0.1) is 0 Å². The van der Waals surface area contributed by atoms with Crippen LogP contribution in [-0.2, 0) is 4.79 Å². The summed E-state index contributed by atoms with van der Waals surface area (Å²) in [5.74, 6) is 2.69. The number of guanidine groups is 1. The van der Waals surface area contributed by atoms with Crippen LogP contribution in [0.1, 0.15) is 59.3 Å². The van der Waals surface area contributed by atoms with E-state index in [1.807, 2.05) is 4.90 Å². The first-order chi connectivity index (χ1) is 11.7. The number of amides is 1. The molecule has 0 saturated carbocycles. The molecule has 5 heteroatoms. The van der Waals surface area contributed by atoms with Crippen molar-refractivity contribution >= 4 is 11.9 Å². The van der Waals surface area contributed by atoms with Crippen LogP contribution in [0.2, 0.25) is 0 Å². The molecule has 2 rings (SSSR count). The number of hydrogen-bond donors (Lipinski definition) is 1. The SMILES string of the molecule is CCNC(=NCC(=O)N1CCCCC1)N1CCC(C(CC)CC)C1. The van der Waals surface area contributed by atoms with Crippen LogP contribution in [0.5, 0.6) is 0 Å². The standard InChI is InChI=1S/C19H36N4O/c1-4-16(5-2)17-10-13-23(15-17)19(20-6-3)21-14-18(24)22-11-8-7-9-12-22/h16-17H,4-15H2,1-3H3,(H,20,21). The van der Waals surface area contributed by atoms with E-state index >= 15 is 0 Å². The summed E-state index contributed by atoms with van der Waals surface area (Å²) in [6, 6.07) is 0. The van der Waals surface area contributed by atoms with Crippen molar-refractivity contribution in [1.29, 1.82) is 0 Å². The zero-order valence-corrected chi connectivity index (χ0v) is 15.9. The average molecular weight is 337 g/mol. The van der Waals surface area contributed by atoms with Crippen LogP contribution in [0.3, 0.4) is 0 Å². The zero-order chi connectivity index (χ0) is 17.4. The molecule has 0 aliphatic carbocycles. The van der Waals surface area contributed by atoms with Gasteiger partial charge in [-0.25, -0.2) is 4.99 Å². The normalized spacial score (nSPS) is 22.3. The third kappa shape index (κ3) is 5.12. The molecule has 5 nitrogen and oxygen atoms in total. The summed E-state index contributed by atoms with van der Waals surface area (Å²) in [4.78, 5) is 21.4. The van der Waals surface area contributed by atoms with E-state index in [9.17, 15) is 4.79 Å². The third-order valence-corrected chi connectivity index (χ3v) is 5.65. The molecular formula is C19H36N4O. The van der Waals surface area contributed by atoms with Gasteiger partial charge in [0.15, 0.2) is 5.96 Å². The van der Waals surface area contributed by atoms with Crippen LogP contribution in [0, 0.1) is 11.8 Å². The summed E-state index contributed by atoms with van der Waals surface area (Å²) >= 11 is 0. The molecule has 2 saturated heterocycles. The van der Waals surface area contributed by atoms with Gasteiger partial charge in [0.1, 0.15) is 6.54 Å². The molecule has 0 bridgehead atoms. The minimum absolute atomic E-state index is 0.181. The minimum Gasteiger partial charge on any atom is -0.357 e.